The van der Waals surface area contributed by atoms with Crippen molar-refractivity contribution in [3.05, 3.63) is 0 Å². The summed E-state index contributed by atoms with van der Waals surface area (Å²) in [6, 6.07) is 0. The third-order valence-electron chi connectivity index (χ3n) is 3.36. The zero-order chi connectivity index (χ0) is 12.4. The molecule has 0 rings (SSSR count). The predicted molar refractivity (Wildman–Crippen MR) is 76.5 cm³/mol. The van der Waals surface area contributed by atoms with E-state index >= 15 is 0 Å². The Morgan fingerprint density at radius 3 is 2.12 bits per heavy atom. The van der Waals surface area contributed by atoms with Crippen molar-refractivity contribution in [3.8, 4) is 0 Å². The Morgan fingerprint density at radius 2 is 1.65 bits per heavy atom. The maximum Gasteiger partial charge on any atom is 0.220 e. The Morgan fingerprint density at radius 1 is 1.12 bits per heavy atom. The van der Waals surface area contributed by atoms with Crippen LogP contribution in [0.5, 0.6) is 0 Å². The van der Waals surface area contributed by atoms with Gasteiger partial charge in [-0.2, -0.15) is 0 Å². The first-order chi connectivity index (χ1) is 7.58. The molecule has 0 aliphatic carbocycles. The second-order valence-electron chi connectivity index (χ2n) is 4.77. The fourth-order valence-corrected chi connectivity index (χ4v) is 1.61. The van der Waals surface area contributed by atoms with Crippen LogP contribution in [0.15, 0.2) is 0 Å². The first-order valence-corrected chi connectivity index (χ1v) is 6.59. The van der Waals surface area contributed by atoms with Crippen molar-refractivity contribution in [1.29, 1.82) is 0 Å². The van der Waals surface area contributed by atoms with Gasteiger partial charge >= 0.3 is 0 Å². The number of carbonyl (C=O) groups excluding carboxylic acids is 1. The van der Waals surface area contributed by atoms with E-state index in [-0.39, 0.29) is 23.9 Å². The van der Waals surface area contributed by atoms with Crippen LogP contribution in [0.25, 0.3) is 0 Å². The number of unbranched alkanes of at least 4 members (excludes halogenated alkanes) is 3. The average molecular weight is 265 g/mol. The van der Waals surface area contributed by atoms with Gasteiger partial charge in [0.1, 0.15) is 0 Å². The summed E-state index contributed by atoms with van der Waals surface area (Å²) < 4.78 is 0. The molecule has 0 saturated carbocycles. The van der Waals surface area contributed by atoms with Crippen LogP contribution in [0, 0.1) is 0 Å². The lowest BCUT2D eigenvalue weighted by Crippen LogP contribution is -2.44. The van der Waals surface area contributed by atoms with E-state index in [1.54, 1.807) is 0 Å². The SMILES string of the molecule is CCC(C)(CC)NC(=O)CCCCCCN.Cl. The van der Waals surface area contributed by atoms with Gasteiger partial charge in [-0.25, -0.2) is 0 Å². The van der Waals surface area contributed by atoms with Gasteiger partial charge in [-0.15, -0.1) is 12.4 Å². The van der Waals surface area contributed by atoms with Crippen molar-refractivity contribution in [2.24, 2.45) is 5.73 Å². The quantitative estimate of drug-likeness (QED) is 0.629. The van der Waals surface area contributed by atoms with Crippen molar-refractivity contribution in [2.75, 3.05) is 6.54 Å². The molecule has 0 saturated heterocycles. The van der Waals surface area contributed by atoms with Crippen LogP contribution in [0.3, 0.4) is 0 Å². The Kier molecular flexibility index (Phi) is 12.2. The number of hydrogen-bond donors (Lipinski definition) is 2. The number of amides is 1. The highest BCUT2D eigenvalue weighted by Gasteiger charge is 2.21. The minimum Gasteiger partial charge on any atom is -0.351 e. The maximum absolute atomic E-state index is 11.7. The first-order valence-electron chi connectivity index (χ1n) is 6.59. The Hall–Kier alpha value is -0.280. The van der Waals surface area contributed by atoms with E-state index in [9.17, 15) is 4.79 Å². The molecule has 0 bridgehead atoms. The number of carbonyl (C=O) groups is 1. The fourth-order valence-electron chi connectivity index (χ4n) is 1.61. The summed E-state index contributed by atoms with van der Waals surface area (Å²) in [6.45, 7) is 7.10. The van der Waals surface area contributed by atoms with Gasteiger partial charge in [0.15, 0.2) is 0 Å². The summed E-state index contributed by atoms with van der Waals surface area (Å²) in [5, 5.41) is 3.12. The molecule has 0 atom stereocenters. The summed E-state index contributed by atoms with van der Waals surface area (Å²) in [4.78, 5) is 11.7. The number of nitrogens with two attached hydrogens (primary N) is 1. The van der Waals surface area contributed by atoms with Gasteiger partial charge in [-0.3, -0.25) is 4.79 Å². The Labute approximate surface area is 112 Å². The normalized spacial score (nSPS) is 10.8. The van der Waals surface area contributed by atoms with Gasteiger partial charge in [0.25, 0.3) is 0 Å². The zero-order valence-corrected chi connectivity index (χ0v) is 12.4. The lowest BCUT2D eigenvalue weighted by atomic mass is 9.95. The summed E-state index contributed by atoms with van der Waals surface area (Å²) in [5.41, 5.74) is 5.39. The highest BCUT2D eigenvalue weighted by atomic mass is 35.5. The molecule has 17 heavy (non-hydrogen) atoms. The summed E-state index contributed by atoms with van der Waals surface area (Å²) in [6.07, 6.45) is 6.94. The minimum atomic E-state index is -0.0195. The minimum absolute atomic E-state index is 0. The molecule has 4 heteroatoms. The molecule has 1 amide bonds. The molecule has 0 fully saturated rings. The molecule has 0 heterocycles. The van der Waals surface area contributed by atoms with Crippen molar-refractivity contribution in [3.63, 3.8) is 0 Å². The van der Waals surface area contributed by atoms with Gasteiger partial charge in [-0.1, -0.05) is 26.7 Å². The van der Waals surface area contributed by atoms with Crippen molar-refractivity contribution < 1.29 is 4.79 Å². The van der Waals surface area contributed by atoms with Crippen LogP contribution in [-0.2, 0) is 4.79 Å². The zero-order valence-electron chi connectivity index (χ0n) is 11.6. The van der Waals surface area contributed by atoms with E-state index in [2.05, 4.69) is 26.1 Å². The molecule has 0 aromatic carbocycles. The van der Waals surface area contributed by atoms with Gasteiger partial charge in [-0.05, 0) is 39.2 Å². The van der Waals surface area contributed by atoms with E-state index in [1.807, 2.05) is 0 Å². The first kappa shape index (κ1) is 19.1. The third kappa shape index (κ3) is 9.42. The molecule has 0 aliphatic rings. The van der Waals surface area contributed by atoms with Gasteiger partial charge in [0, 0.05) is 12.0 Å². The van der Waals surface area contributed by atoms with Gasteiger partial charge < -0.3 is 11.1 Å². The number of halogens is 1. The monoisotopic (exact) mass is 264 g/mol. The van der Waals surface area contributed by atoms with Crippen LogP contribution in [0.4, 0.5) is 0 Å². The smallest absolute Gasteiger partial charge is 0.220 e. The fraction of sp³-hybridized carbons (Fsp3) is 0.923. The van der Waals surface area contributed by atoms with Crippen LogP contribution in [-0.4, -0.2) is 18.0 Å². The topological polar surface area (TPSA) is 55.1 Å². The van der Waals surface area contributed by atoms with Crippen LogP contribution in [0.2, 0.25) is 0 Å². The van der Waals surface area contributed by atoms with Crippen molar-refractivity contribution in [1.82, 2.24) is 5.32 Å². The molecule has 104 valence electrons. The van der Waals surface area contributed by atoms with E-state index in [1.165, 1.54) is 0 Å². The van der Waals surface area contributed by atoms with Crippen LogP contribution in [0.1, 0.15) is 65.7 Å². The molecule has 0 radical (unpaired) electrons. The summed E-state index contributed by atoms with van der Waals surface area (Å²) in [5.74, 6) is 0.193. The van der Waals surface area contributed by atoms with E-state index in [0.29, 0.717) is 6.42 Å². The van der Waals surface area contributed by atoms with E-state index < -0.39 is 0 Å². The third-order valence-corrected chi connectivity index (χ3v) is 3.36. The summed E-state index contributed by atoms with van der Waals surface area (Å²) in [7, 11) is 0. The lowest BCUT2D eigenvalue weighted by Gasteiger charge is -2.28. The van der Waals surface area contributed by atoms with Crippen molar-refractivity contribution >= 4 is 18.3 Å². The second kappa shape index (κ2) is 10.8. The van der Waals surface area contributed by atoms with E-state index in [4.69, 9.17) is 5.73 Å². The average Bonchev–Trinajstić information content (AvgIpc) is 2.28. The molecular formula is C13H29ClN2O. The van der Waals surface area contributed by atoms with Crippen LogP contribution >= 0.6 is 12.4 Å². The maximum atomic E-state index is 11.7. The van der Waals surface area contributed by atoms with Gasteiger partial charge in [0.2, 0.25) is 5.91 Å². The number of hydrogen-bond acceptors (Lipinski definition) is 2. The lowest BCUT2D eigenvalue weighted by molar-refractivity contribution is -0.123. The Bertz CT molecular complexity index is 194. The van der Waals surface area contributed by atoms with E-state index in [0.717, 1.165) is 45.1 Å². The molecule has 3 nitrogen and oxygen atoms in total. The highest BCUT2D eigenvalue weighted by Crippen LogP contribution is 2.14. The standard InChI is InChI=1S/C13H28N2O.ClH/c1-4-13(3,5-2)15-12(16)10-8-6-7-9-11-14;/h4-11,14H2,1-3H3,(H,15,16);1H. The molecule has 3 N–H and O–H groups in total. The largest absolute Gasteiger partial charge is 0.351 e. The molecular weight excluding hydrogens is 236 g/mol. The van der Waals surface area contributed by atoms with Gasteiger partial charge in [0.05, 0.1) is 0 Å². The molecule has 0 aromatic heterocycles. The molecule has 0 spiro atoms. The van der Waals surface area contributed by atoms with Crippen LogP contribution < -0.4 is 11.1 Å². The molecule has 0 aromatic rings. The van der Waals surface area contributed by atoms with Crippen molar-refractivity contribution in [2.45, 2.75) is 71.3 Å². The Balaban J connectivity index is 0. The summed E-state index contributed by atoms with van der Waals surface area (Å²) >= 11 is 0. The molecule has 0 unspecified atom stereocenters. The second-order valence-corrected chi connectivity index (χ2v) is 4.77. The number of rotatable bonds is 9. The predicted octanol–water partition coefficient (Wildman–Crippen LogP) is 3.01. The number of nitrogens with one attached hydrogen (secondary N) is 1. The molecule has 0 aliphatic heterocycles. The highest BCUT2D eigenvalue weighted by molar-refractivity contribution is 5.85.